The lowest BCUT2D eigenvalue weighted by Gasteiger charge is -2.42. The highest BCUT2D eigenvalue weighted by molar-refractivity contribution is 7.16. The number of hydrogen-bond donors (Lipinski definition) is 0. The summed E-state index contributed by atoms with van der Waals surface area (Å²) in [6.45, 7) is 4.20. The van der Waals surface area contributed by atoms with Gasteiger partial charge >= 0.3 is 5.97 Å². The van der Waals surface area contributed by atoms with Crippen molar-refractivity contribution in [3.63, 3.8) is 0 Å². The highest BCUT2D eigenvalue weighted by Gasteiger charge is 2.48. The minimum absolute atomic E-state index is 0. The van der Waals surface area contributed by atoms with Gasteiger partial charge in [-0.1, -0.05) is 18.0 Å². The molecule has 0 aromatic carbocycles. The molecule has 0 N–H and O–H groups in total. The summed E-state index contributed by atoms with van der Waals surface area (Å²) in [4.78, 5) is 14.1. The molecule has 0 amide bonds. The van der Waals surface area contributed by atoms with Crippen molar-refractivity contribution in [3.05, 3.63) is 21.3 Å². The smallest absolute Gasteiger partial charge is 0.317 e. The first-order valence-electron chi connectivity index (χ1n) is 8.60. The Morgan fingerprint density at radius 3 is 2.33 bits per heavy atom. The predicted molar refractivity (Wildman–Crippen MR) is 95.0 cm³/mol. The van der Waals surface area contributed by atoms with Crippen LogP contribution < -0.4 is 17.0 Å². The van der Waals surface area contributed by atoms with Crippen molar-refractivity contribution in [1.82, 2.24) is 0 Å². The lowest BCUT2D eigenvalue weighted by Crippen LogP contribution is -3.00. The number of esters is 1. The van der Waals surface area contributed by atoms with E-state index in [1.807, 2.05) is 12.1 Å². The highest BCUT2D eigenvalue weighted by atomic mass is 79.9. The highest BCUT2D eigenvalue weighted by Crippen LogP contribution is 2.47. The normalized spacial score (nSPS) is 23.7. The Balaban J connectivity index is 0.00000208. The Kier molecular flexibility index (Phi) is 6.44. The summed E-state index contributed by atoms with van der Waals surface area (Å²) in [6, 6.07) is 3.90. The van der Waals surface area contributed by atoms with Crippen LogP contribution in [0.1, 0.15) is 43.9 Å². The fourth-order valence-electron chi connectivity index (χ4n) is 3.68. The molecule has 0 spiro atoms. The number of quaternary nitrogens is 1. The van der Waals surface area contributed by atoms with Gasteiger partial charge in [-0.05, 0) is 37.8 Å². The van der Waals surface area contributed by atoms with E-state index in [0.717, 1.165) is 52.5 Å². The van der Waals surface area contributed by atoms with Gasteiger partial charge < -0.3 is 26.2 Å². The number of ether oxygens (including phenoxy) is 1. The number of nitrogens with zero attached hydrogens (tertiary/aromatic N) is 1. The standard InChI is InChI=1S/C18H27ClNO2S.BrH/c1-18(13-5-4-6-13,15-7-8-16(19)23-15)17(21)22-14-9-11-20(2,3)12-10-14;/h7-8,13-14H,4-6,9-12H2,1-3H3;1H/q+1;/p-1. The first-order valence-corrected chi connectivity index (χ1v) is 9.79. The monoisotopic (exact) mass is 435 g/mol. The molecule has 24 heavy (non-hydrogen) atoms. The Labute approximate surface area is 164 Å². The van der Waals surface area contributed by atoms with Crippen molar-refractivity contribution >= 4 is 28.9 Å². The van der Waals surface area contributed by atoms with Crippen molar-refractivity contribution in [2.45, 2.75) is 50.5 Å². The summed E-state index contributed by atoms with van der Waals surface area (Å²) in [5.74, 6) is 0.346. The summed E-state index contributed by atoms with van der Waals surface area (Å²) in [6.07, 6.45) is 5.42. The molecule has 0 radical (unpaired) electrons. The van der Waals surface area contributed by atoms with Gasteiger partial charge in [0.05, 0.1) is 31.5 Å². The van der Waals surface area contributed by atoms with Crippen LogP contribution in [0.3, 0.4) is 0 Å². The lowest BCUT2D eigenvalue weighted by molar-refractivity contribution is -0.896. The molecule has 1 aromatic heterocycles. The van der Waals surface area contributed by atoms with Gasteiger partial charge in [0.25, 0.3) is 0 Å². The van der Waals surface area contributed by atoms with Gasteiger partial charge in [0.15, 0.2) is 0 Å². The van der Waals surface area contributed by atoms with Crippen LogP contribution in [0.15, 0.2) is 12.1 Å². The zero-order chi connectivity index (χ0) is 16.7. The number of thiophene rings is 1. The topological polar surface area (TPSA) is 26.3 Å². The van der Waals surface area contributed by atoms with Crippen LogP contribution in [0.2, 0.25) is 4.34 Å². The van der Waals surface area contributed by atoms with Gasteiger partial charge in [0.2, 0.25) is 0 Å². The second-order valence-electron chi connectivity index (χ2n) is 7.92. The number of rotatable bonds is 4. The number of carbonyl (C=O) groups excluding carboxylic acids is 1. The average molecular weight is 437 g/mol. The fourth-order valence-corrected chi connectivity index (χ4v) is 4.94. The molecule has 6 heteroatoms. The molecule has 2 aliphatic rings. The Bertz CT molecular complexity index is 577. The van der Waals surface area contributed by atoms with Crippen molar-refractivity contribution in [2.75, 3.05) is 27.2 Å². The Morgan fingerprint density at radius 2 is 1.88 bits per heavy atom. The summed E-state index contributed by atoms with van der Waals surface area (Å²) in [5.41, 5.74) is -0.530. The van der Waals surface area contributed by atoms with Gasteiger partial charge in [-0.2, -0.15) is 0 Å². The first kappa shape index (κ1) is 20.2. The molecule has 2 fully saturated rings. The van der Waals surface area contributed by atoms with Gasteiger partial charge in [0.1, 0.15) is 11.5 Å². The van der Waals surface area contributed by atoms with Crippen LogP contribution in [0.5, 0.6) is 0 Å². The molecule has 3 rings (SSSR count). The van der Waals surface area contributed by atoms with Crippen LogP contribution in [-0.4, -0.2) is 43.7 Å². The van der Waals surface area contributed by atoms with Crippen molar-refractivity contribution in [1.29, 1.82) is 0 Å². The molecule has 0 bridgehead atoms. The van der Waals surface area contributed by atoms with E-state index >= 15 is 0 Å². The lowest BCUT2D eigenvalue weighted by atomic mass is 9.65. The molecule has 1 aromatic rings. The largest absolute Gasteiger partial charge is 1.00 e. The van der Waals surface area contributed by atoms with E-state index in [1.165, 1.54) is 17.8 Å². The Hall–Kier alpha value is -0.100. The predicted octanol–water partition coefficient (Wildman–Crippen LogP) is 1.25. The van der Waals surface area contributed by atoms with Crippen molar-refractivity contribution in [3.8, 4) is 0 Å². The third kappa shape index (κ3) is 4.00. The van der Waals surface area contributed by atoms with E-state index in [0.29, 0.717) is 5.92 Å². The van der Waals surface area contributed by atoms with Crippen LogP contribution >= 0.6 is 22.9 Å². The second kappa shape index (κ2) is 7.65. The number of piperidine rings is 1. The SMILES string of the molecule is CC(C(=O)OC1CC[N+](C)(C)CC1)(c1ccc(Cl)s1)C1CCC1.[Br-]. The van der Waals surface area contributed by atoms with Crippen molar-refractivity contribution in [2.24, 2.45) is 5.92 Å². The summed E-state index contributed by atoms with van der Waals surface area (Å²) >= 11 is 7.65. The number of hydrogen-bond acceptors (Lipinski definition) is 3. The maximum atomic E-state index is 13.1. The number of carbonyl (C=O) groups is 1. The van der Waals surface area contributed by atoms with Gasteiger partial charge in [-0.25, -0.2) is 0 Å². The quantitative estimate of drug-likeness (QED) is 0.524. The summed E-state index contributed by atoms with van der Waals surface area (Å²) in [7, 11) is 4.48. The second-order valence-corrected chi connectivity index (χ2v) is 9.64. The maximum absolute atomic E-state index is 13.1. The molecular formula is C18H27BrClNO2S. The van der Waals surface area contributed by atoms with E-state index in [1.54, 1.807) is 0 Å². The minimum Gasteiger partial charge on any atom is -1.00 e. The number of likely N-dealkylation sites (tertiary alicyclic amines) is 1. The third-order valence-electron chi connectivity index (χ3n) is 5.82. The third-order valence-corrected chi connectivity index (χ3v) is 7.29. The number of halogens is 2. The first-order chi connectivity index (χ1) is 10.8. The minimum atomic E-state index is -0.530. The van der Waals surface area contributed by atoms with Crippen LogP contribution in [-0.2, 0) is 14.9 Å². The maximum Gasteiger partial charge on any atom is 0.317 e. The molecule has 1 saturated carbocycles. The molecule has 1 aliphatic carbocycles. The van der Waals surface area contributed by atoms with E-state index in [4.69, 9.17) is 16.3 Å². The van der Waals surface area contributed by atoms with E-state index in [2.05, 4.69) is 21.0 Å². The van der Waals surface area contributed by atoms with Gasteiger partial charge in [-0.3, -0.25) is 4.79 Å². The molecule has 136 valence electrons. The summed E-state index contributed by atoms with van der Waals surface area (Å²) < 4.78 is 7.75. The van der Waals surface area contributed by atoms with E-state index < -0.39 is 5.41 Å². The fraction of sp³-hybridized carbons (Fsp3) is 0.722. The van der Waals surface area contributed by atoms with E-state index in [-0.39, 0.29) is 29.1 Å². The Morgan fingerprint density at radius 1 is 1.25 bits per heavy atom. The molecule has 1 aliphatic heterocycles. The van der Waals surface area contributed by atoms with Crippen LogP contribution in [0.4, 0.5) is 0 Å². The van der Waals surface area contributed by atoms with Crippen LogP contribution in [0, 0.1) is 5.92 Å². The molecule has 3 nitrogen and oxygen atoms in total. The molecule has 1 saturated heterocycles. The molecule has 1 unspecified atom stereocenters. The van der Waals surface area contributed by atoms with Gasteiger partial charge in [-0.15, -0.1) is 11.3 Å². The van der Waals surface area contributed by atoms with E-state index in [9.17, 15) is 4.79 Å². The average Bonchev–Trinajstić information content (AvgIpc) is 2.86. The summed E-state index contributed by atoms with van der Waals surface area (Å²) in [5, 5.41) is 0. The zero-order valence-electron chi connectivity index (χ0n) is 14.7. The molecule has 2 heterocycles. The zero-order valence-corrected chi connectivity index (χ0v) is 17.8. The van der Waals surface area contributed by atoms with Gasteiger partial charge in [0, 0.05) is 17.7 Å². The molecule has 1 atom stereocenters. The molecular weight excluding hydrogens is 410 g/mol. The van der Waals surface area contributed by atoms with Crippen LogP contribution in [0.25, 0.3) is 0 Å². The van der Waals surface area contributed by atoms with Crippen molar-refractivity contribution < 1.29 is 31.0 Å².